The largest absolute Gasteiger partial charge is 0.493 e. The molecule has 1 saturated carbocycles. The van der Waals surface area contributed by atoms with Crippen LogP contribution in [0.25, 0.3) is 0 Å². The number of aryl methyl sites for hydroxylation is 1. The number of aromatic nitrogens is 3. The van der Waals surface area contributed by atoms with Crippen LogP contribution in [0, 0.1) is 12.7 Å². The predicted octanol–water partition coefficient (Wildman–Crippen LogP) is 6.92. The number of carbonyl (C=O) groups excluding carboxylic acids is 1. The van der Waals surface area contributed by atoms with E-state index in [1.165, 1.54) is 29.3 Å². The van der Waals surface area contributed by atoms with E-state index in [2.05, 4.69) is 25.6 Å². The van der Waals surface area contributed by atoms with E-state index in [4.69, 9.17) is 9.47 Å². The molecule has 0 bridgehead atoms. The first-order chi connectivity index (χ1) is 19.9. The van der Waals surface area contributed by atoms with Crippen LogP contribution in [0.2, 0.25) is 0 Å². The smallest absolute Gasteiger partial charge is 0.273 e. The second-order valence-corrected chi connectivity index (χ2v) is 12.4. The Morgan fingerprint density at radius 3 is 2.56 bits per heavy atom. The van der Waals surface area contributed by atoms with Crippen molar-refractivity contribution in [1.82, 2.24) is 20.3 Å². The van der Waals surface area contributed by atoms with Gasteiger partial charge in [0.25, 0.3) is 5.91 Å². The molecule has 1 aliphatic rings. The maximum absolute atomic E-state index is 15.6. The number of methoxy groups -OCH3 is 2. The molecule has 1 aliphatic carbocycles. The third kappa shape index (κ3) is 6.62. The number of amides is 1. The molecule has 0 saturated heterocycles. The Kier molecular flexibility index (Phi) is 9.04. The first-order valence-corrected chi connectivity index (χ1v) is 15.0. The second-order valence-electron chi connectivity index (χ2n) is 10.00. The van der Waals surface area contributed by atoms with Crippen LogP contribution in [-0.2, 0) is 5.41 Å². The fourth-order valence-corrected chi connectivity index (χ4v) is 7.01. The number of thiazole rings is 1. The lowest BCUT2D eigenvalue weighted by Gasteiger charge is -2.38. The maximum atomic E-state index is 15.6. The molecule has 1 amide bonds. The zero-order chi connectivity index (χ0) is 28.8. The quantitative estimate of drug-likeness (QED) is 0.204. The molecule has 5 rings (SSSR count). The molecule has 3 heterocycles. The van der Waals surface area contributed by atoms with E-state index in [9.17, 15) is 4.79 Å². The summed E-state index contributed by atoms with van der Waals surface area (Å²) in [5.41, 5.74) is 1.65. The Bertz CT molecular complexity index is 1520. The van der Waals surface area contributed by atoms with Crippen LogP contribution in [0.15, 0.2) is 64.1 Å². The molecule has 4 aromatic rings. The Morgan fingerprint density at radius 1 is 1.02 bits per heavy atom. The molecule has 8 nitrogen and oxygen atoms in total. The summed E-state index contributed by atoms with van der Waals surface area (Å²) in [5.74, 6) is 0.807. The van der Waals surface area contributed by atoms with Crippen LogP contribution < -0.4 is 20.1 Å². The number of hydrogen-bond donors (Lipinski definition) is 2. The lowest BCUT2D eigenvalue weighted by atomic mass is 9.69. The molecular weight excluding hydrogens is 561 g/mol. The number of anilines is 2. The normalized spacial score (nSPS) is 14.3. The van der Waals surface area contributed by atoms with Crippen molar-refractivity contribution in [3.8, 4) is 11.5 Å². The van der Waals surface area contributed by atoms with Gasteiger partial charge in [-0.2, -0.15) is 0 Å². The van der Waals surface area contributed by atoms with Crippen LogP contribution in [0.5, 0.6) is 11.5 Å². The lowest BCUT2D eigenvalue weighted by molar-refractivity contribution is 0.0926. The molecule has 2 N–H and O–H groups in total. The second kappa shape index (κ2) is 12.9. The first-order valence-electron chi connectivity index (χ1n) is 13.4. The standard InChI is InChI=1S/C30H32FN5O3S2/c1-19-9-13-32-24(15-19)36-29-34-17-25(41-29)40-23-10-14-33-27(26(23)31)28(37)35-18-30(11-5-4-6-12-30)20-7-8-21(38-2)22(16-20)39-3/h7-10,13-17H,4-6,11-12,18H2,1-3H3,(H,35,37)(H,32,34,36). The van der Waals surface area contributed by atoms with Crippen molar-refractivity contribution in [1.29, 1.82) is 0 Å². The highest BCUT2D eigenvalue weighted by molar-refractivity contribution is 8.01. The van der Waals surface area contributed by atoms with Gasteiger partial charge in [0.05, 0.1) is 29.5 Å². The van der Waals surface area contributed by atoms with Crippen molar-refractivity contribution in [2.24, 2.45) is 0 Å². The number of halogens is 1. The first kappa shape index (κ1) is 28.8. The van der Waals surface area contributed by atoms with Gasteiger partial charge in [-0.3, -0.25) is 4.79 Å². The predicted molar refractivity (Wildman–Crippen MR) is 159 cm³/mol. The van der Waals surface area contributed by atoms with Crippen LogP contribution in [0.3, 0.4) is 0 Å². The molecule has 0 unspecified atom stereocenters. The third-order valence-electron chi connectivity index (χ3n) is 7.31. The molecule has 0 aliphatic heterocycles. The molecule has 0 atom stereocenters. The van der Waals surface area contributed by atoms with E-state index in [1.807, 2.05) is 37.3 Å². The molecule has 1 fully saturated rings. The van der Waals surface area contributed by atoms with Crippen LogP contribution >= 0.6 is 23.1 Å². The molecular formula is C30H32FN5O3S2. The minimum atomic E-state index is -0.651. The Morgan fingerprint density at radius 2 is 1.80 bits per heavy atom. The minimum Gasteiger partial charge on any atom is -0.493 e. The average Bonchev–Trinajstić information content (AvgIpc) is 3.43. The number of hydrogen-bond acceptors (Lipinski definition) is 9. The number of benzene rings is 1. The van der Waals surface area contributed by atoms with Crippen molar-refractivity contribution >= 4 is 40.0 Å². The summed E-state index contributed by atoms with van der Waals surface area (Å²) in [6, 6.07) is 11.3. The van der Waals surface area contributed by atoms with Crippen molar-refractivity contribution in [3.05, 3.63) is 77.6 Å². The summed E-state index contributed by atoms with van der Waals surface area (Å²) < 4.78 is 27.3. The summed E-state index contributed by atoms with van der Waals surface area (Å²) >= 11 is 2.58. The minimum absolute atomic E-state index is 0.222. The molecule has 1 aromatic carbocycles. The van der Waals surface area contributed by atoms with Gasteiger partial charge >= 0.3 is 0 Å². The summed E-state index contributed by atoms with van der Waals surface area (Å²) in [6.45, 7) is 2.36. The zero-order valence-corrected chi connectivity index (χ0v) is 24.8. The van der Waals surface area contributed by atoms with Crippen molar-refractivity contribution < 1.29 is 18.7 Å². The van der Waals surface area contributed by atoms with Gasteiger partial charge in [-0.1, -0.05) is 48.4 Å². The number of nitrogens with zero attached hydrogens (tertiary/aromatic N) is 3. The summed E-state index contributed by atoms with van der Waals surface area (Å²) in [4.78, 5) is 26.3. The van der Waals surface area contributed by atoms with E-state index >= 15 is 4.39 Å². The number of carbonyl (C=O) groups is 1. The fourth-order valence-electron chi connectivity index (χ4n) is 5.15. The third-order valence-corrected chi connectivity index (χ3v) is 9.36. The highest BCUT2D eigenvalue weighted by Gasteiger charge is 2.35. The van der Waals surface area contributed by atoms with Gasteiger partial charge in [0.2, 0.25) is 0 Å². The van der Waals surface area contributed by atoms with Gasteiger partial charge < -0.3 is 20.1 Å². The number of ether oxygens (including phenoxy) is 2. The Hall–Kier alpha value is -3.70. The summed E-state index contributed by atoms with van der Waals surface area (Å²) in [7, 11) is 3.22. The Labute approximate surface area is 247 Å². The van der Waals surface area contributed by atoms with E-state index < -0.39 is 11.7 Å². The average molecular weight is 594 g/mol. The van der Waals surface area contributed by atoms with Gasteiger partial charge in [0.15, 0.2) is 28.1 Å². The summed E-state index contributed by atoms with van der Waals surface area (Å²) in [6.07, 6.45) is 9.93. The zero-order valence-electron chi connectivity index (χ0n) is 23.2. The molecule has 214 valence electrons. The van der Waals surface area contributed by atoms with Crippen LogP contribution in [-0.4, -0.2) is 41.6 Å². The number of nitrogens with one attached hydrogen (secondary N) is 2. The summed E-state index contributed by atoms with van der Waals surface area (Å²) in [5, 5.41) is 6.81. The van der Waals surface area contributed by atoms with Gasteiger partial charge in [-0.25, -0.2) is 19.3 Å². The van der Waals surface area contributed by atoms with Crippen LogP contribution in [0.4, 0.5) is 15.3 Å². The van der Waals surface area contributed by atoms with Crippen molar-refractivity contribution in [2.75, 3.05) is 26.1 Å². The molecule has 11 heteroatoms. The lowest BCUT2D eigenvalue weighted by Crippen LogP contribution is -2.42. The topological polar surface area (TPSA) is 98.3 Å². The number of pyridine rings is 2. The maximum Gasteiger partial charge on any atom is 0.273 e. The van der Waals surface area contributed by atoms with Gasteiger partial charge in [0.1, 0.15) is 5.82 Å². The van der Waals surface area contributed by atoms with Gasteiger partial charge in [0, 0.05) is 24.4 Å². The van der Waals surface area contributed by atoms with E-state index in [0.717, 1.165) is 47.4 Å². The number of rotatable bonds is 10. The highest BCUT2D eigenvalue weighted by atomic mass is 32.2. The molecule has 3 aromatic heterocycles. The van der Waals surface area contributed by atoms with Gasteiger partial charge in [-0.15, -0.1) is 0 Å². The van der Waals surface area contributed by atoms with E-state index in [0.29, 0.717) is 33.9 Å². The van der Waals surface area contributed by atoms with E-state index in [1.54, 1.807) is 32.7 Å². The van der Waals surface area contributed by atoms with Gasteiger partial charge in [-0.05, 0) is 61.2 Å². The highest BCUT2D eigenvalue weighted by Crippen LogP contribution is 2.42. The molecule has 0 spiro atoms. The molecule has 0 radical (unpaired) electrons. The van der Waals surface area contributed by atoms with Crippen molar-refractivity contribution in [3.63, 3.8) is 0 Å². The monoisotopic (exact) mass is 593 g/mol. The molecule has 41 heavy (non-hydrogen) atoms. The Balaban J connectivity index is 1.30. The fraction of sp³-hybridized carbons (Fsp3) is 0.333. The van der Waals surface area contributed by atoms with E-state index in [-0.39, 0.29) is 11.1 Å². The van der Waals surface area contributed by atoms with Crippen LogP contribution in [0.1, 0.15) is 53.7 Å². The van der Waals surface area contributed by atoms with Crippen molar-refractivity contribution in [2.45, 2.75) is 53.5 Å². The SMILES string of the molecule is COc1ccc(C2(CNC(=O)c3nccc(Sc4cnc(Nc5cc(C)ccn5)s4)c3F)CCCCC2)cc1OC.